The predicted molar refractivity (Wildman–Crippen MR) is 144 cm³/mol. The number of ketones is 1. The molecule has 36 heavy (non-hydrogen) atoms. The van der Waals surface area contributed by atoms with Crippen LogP contribution in [-0.2, 0) is 15.0 Å². The molecule has 3 aromatic rings. The summed E-state index contributed by atoms with van der Waals surface area (Å²) in [6, 6.07) is 17.5. The zero-order valence-corrected chi connectivity index (χ0v) is 22.1. The number of aliphatic hydroxyl groups excluding tert-OH is 1. The summed E-state index contributed by atoms with van der Waals surface area (Å²) in [5, 5.41) is 11.9. The minimum atomic E-state index is -0.827. The molecular formula is C30H30ClNO4. The number of aryl methyl sites for hydroxylation is 2. The molecule has 186 valence electrons. The van der Waals surface area contributed by atoms with Crippen LogP contribution in [0.4, 0.5) is 5.69 Å². The van der Waals surface area contributed by atoms with E-state index in [0.29, 0.717) is 27.6 Å². The van der Waals surface area contributed by atoms with Crippen LogP contribution in [0.25, 0.3) is 5.76 Å². The number of hydrogen-bond acceptors (Lipinski definition) is 4. The summed E-state index contributed by atoms with van der Waals surface area (Å²) in [7, 11) is 1.51. The first-order valence-corrected chi connectivity index (χ1v) is 12.1. The van der Waals surface area contributed by atoms with Crippen LogP contribution in [0.5, 0.6) is 5.75 Å². The van der Waals surface area contributed by atoms with Gasteiger partial charge < -0.3 is 9.84 Å². The molecule has 1 amide bonds. The van der Waals surface area contributed by atoms with E-state index in [0.717, 1.165) is 16.7 Å². The smallest absolute Gasteiger partial charge is 0.300 e. The average Bonchev–Trinajstić information content (AvgIpc) is 3.08. The largest absolute Gasteiger partial charge is 0.507 e. The quantitative estimate of drug-likeness (QED) is 0.239. The lowest BCUT2D eigenvalue weighted by atomic mass is 9.84. The van der Waals surface area contributed by atoms with Gasteiger partial charge in [0.15, 0.2) is 0 Å². The number of Topliss-reactive ketones (excluding diaryl/α,β-unsaturated/α-hetero) is 1. The van der Waals surface area contributed by atoms with Crippen molar-refractivity contribution in [1.82, 2.24) is 0 Å². The van der Waals surface area contributed by atoms with Gasteiger partial charge in [-0.25, -0.2) is 0 Å². The molecule has 0 bridgehead atoms. The third-order valence-electron chi connectivity index (χ3n) is 6.57. The second-order valence-electron chi connectivity index (χ2n) is 10.2. The highest BCUT2D eigenvalue weighted by atomic mass is 35.5. The first-order valence-electron chi connectivity index (χ1n) is 11.8. The lowest BCUT2D eigenvalue weighted by molar-refractivity contribution is -0.132. The van der Waals surface area contributed by atoms with Crippen molar-refractivity contribution in [3.63, 3.8) is 0 Å². The van der Waals surface area contributed by atoms with Crippen molar-refractivity contribution in [3.05, 3.63) is 99.1 Å². The Labute approximate surface area is 217 Å². The summed E-state index contributed by atoms with van der Waals surface area (Å²) in [6.45, 7) is 10.1. The van der Waals surface area contributed by atoms with Crippen LogP contribution in [0.1, 0.15) is 54.6 Å². The molecule has 1 saturated heterocycles. The summed E-state index contributed by atoms with van der Waals surface area (Å²) in [4.78, 5) is 28.4. The Bertz CT molecular complexity index is 1400. The number of ether oxygens (including phenoxy) is 1. The summed E-state index contributed by atoms with van der Waals surface area (Å²) in [6.07, 6.45) is 0. The lowest BCUT2D eigenvalue weighted by Gasteiger charge is -2.26. The normalized spacial score (nSPS) is 17.5. The van der Waals surface area contributed by atoms with E-state index in [1.807, 2.05) is 56.3 Å². The highest BCUT2D eigenvalue weighted by molar-refractivity contribution is 6.52. The molecule has 1 aliphatic rings. The third-order valence-corrected chi connectivity index (χ3v) is 6.87. The maximum atomic E-state index is 13.5. The van der Waals surface area contributed by atoms with Gasteiger partial charge in [0.05, 0.1) is 23.7 Å². The summed E-state index contributed by atoms with van der Waals surface area (Å²) in [5.74, 6) is -1.20. The number of amides is 1. The molecule has 6 heteroatoms. The van der Waals surface area contributed by atoms with Crippen LogP contribution in [0.3, 0.4) is 0 Å². The molecule has 4 rings (SSSR count). The van der Waals surface area contributed by atoms with Crippen molar-refractivity contribution in [2.45, 2.75) is 46.1 Å². The second kappa shape index (κ2) is 9.47. The van der Waals surface area contributed by atoms with Gasteiger partial charge in [-0.3, -0.25) is 14.5 Å². The number of nitrogens with zero attached hydrogens (tertiary/aromatic N) is 1. The molecule has 5 nitrogen and oxygen atoms in total. The van der Waals surface area contributed by atoms with Gasteiger partial charge in [0.1, 0.15) is 11.5 Å². The molecule has 1 atom stereocenters. The van der Waals surface area contributed by atoms with Crippen LogP contribution in [0.15, 0.2) is 66.2 Å². The van der Waals surface area contributed by atoms with E-state index >= 15 is 0 Å². The van der Waals surface area contributed by atoms with E-state index in [2.05, 4.69) is 20.8 Å². The summed E-state index contributed by atoms with van der Waals surface area (Å²) >= 11 is 6.38. The Kier molecular flexibility index (Phi) is 6.72. The Morgan fingerprint density at radius 3 is 2.33 bits per heavy atom. The van der Waals surface area contributed by atoms with Gasteiger partial charge >= 0.3 is 0 Å². The molecule has 0 radical (unpaired) electrons. The number of aliphatic hydroxyl groups is 1. The number of benzene rings is 3. The van der Waals surface area contributed by atoms with Crippen LogP contribution in [0, 0.1) is 13.8 Å². The zero-order chi connectivity index (χ0) is 26.4. The number of halogens is 1. The van der Waals surface area contributed by atoms with Crippen molar-refractivity contribution >= 4 is 34.7 Å². The maximum absolute atomic E-state index is 13.5. The molecule has 1 N–H and O–H groups in total. The van der Waals surface area contributed by atoms with Gasteiger partial charge in [0.25, 0.3) is 11.7 Å². The highest BCUT2D eigenvalue weighted by Gasteiger charge is 2.47. The fourth-order valence-corrected chi connectivity index (χ4v) is 4.80. The van der Waals surface area contributed by atoms with Gasteiger partial charge in [-0.05, 0) is 60.2 Å². The molecule has 3 aromatic carbocycles. The van der Waals surface area contributed by atoms with E-state index in [1.54, 1.807) is 18.2 Å². The molecule has 0 aromatic heterocycles. The fourth-order valence-electron chi connectivity index (χ4n) is 4.55. The number of rotatable bonds is 4. The van der Waals surface area contributed by atoms with E-state index in [9.17, 15) is 14.7 Å². The number of carbonyl (C=O) groups is 2. The standard InChI is InChI=1S/C30H30ClNO4/c1-17-8-7-9-19(14-17)26-25(27(33)22-15-20(30(3,4)5)11-10-18(22)2)28(34)29(35)32(26)21-12-13-24(36-6)23(31)16-21/h7-16,26,33H,1-6H3/b27-25+. The molecule has 0 saturated carbocycles. The maximum Gasteiger partial charge on any atom is 0.300 e. The highest BCUT2D eigenvalue weighted by Crippen LogP contribution is 2.44. The minimum Gasteiger partial charge on any atom is -0.507 e. The minimum absolute atomic E-state index is 0.0479. The van der Waals surface area contributed by atoms with Gasteiger partial charge in [0, 0.05) is 11.3 Å². The molecule has 1 unspecified atom stereocenters. The van der Waals surface area contributed by atoms with Crippen molar-refractivity contribution < 1.29 is 19.4 Å². The average molecular weight is 504 g/mol. The fraction of sp³-hybridized carbons (Fsp3) is 0.267. The van der Waals surface area contributed by atoms with Crippen molar-refractivity contribution in [3.8, 4) is 5.75 Å². The van der Waals surface area contributed by atoms with E-state index < -0.39 is 17.7 Å². The molecule has 1 aliphatic heterocycles. The van der Waals surface area contributed by atoms with Crippen molar-refractivity contribution in [2.75, 3.05) is 12.0 Å². The Morgan fingerprint density at radius 2 is 1.72 bits per heavy atom. The Morgan fingerprint density at radius 1 is 1.00 bits per heavy atom. The van der Waals surface area contributed by atoms with E-state index in [4.69, 9.17) is 16.3 Å². The molecule has 0 aliphatic carbocycles. The van der Waals surface area contributed by atoms with Crippen LogP contribution >= 0.6 is 11.6 Å². The summed E-state index contributed by atoms with van der Waals surface area (Å²) < 4.78 is 5.26. The van der Waals surface area contributed by atoms with Gasteiger partial charge in [-0.15, -0.1) is 0 Å². The van der Waals surface area contributed by atoms with Crippen LogP contribution in [0.2, 0.25) is 5.02 Å². The predicted octanol–water partition coefficient (Wildman–Crippen LogP) is 6.89. The Balaban J connectivity index is 1.98. The summed E-state index contributed by atoms with van der Waals surface area (Å²) in [5.41, 5.74) is 4.36. The van der Waals surface area contributed by atoms with Crippen LogP contribution < -0.4 is 9.64 Å². The van der Waals surface area contributed by atoms with Crippen molar-refractivity contribution in [1.29, 1.82) is 0 Å². The molecule has 1 fully saturated rings. The van der Waals surface area contributed by atoms with E-state index in [1.165, 1.54) is 12.0 Å². The lowest BCUT2D eigenvalue weighted by Crippen LogP contribution is -2.29. The van der Waals surface area contributed by atoms with Gasteiger partial charge in [-0.2, -0.15) is 0 Å². The number of methoxy groups -OCH3 is 1. The van der Waals surface area contributed by atoms with Gasteiger partial charge in [-0.1, -0.05) is 74.3 Å². The third kappa shape index (κ3) is 4.51. The molecule has 1 heterocycles. The number of anilines is 1. The number of carbonyl (C=O) groups excluding carboxylic acids is 2. The first kappa shape index (κ1) is 25.5. The molecule has 0 spiro atoms. The Hall–Kier alpha value is -3.57. The van der Waals surface area contributed by atoms with Crippen molar-refractivity contribution in [2.24, 2.45) is 0 Å². The monoisotopic (exact) mass is 503 g/mol. The van der Waals surface area contributed by atoms with Crippen LogP contribution in [-0.4, -0.2) is 23.9 Å². The second-order valence-corrected chi connectivity index (χ2v) is 10.6. The first-order chi connectivity index (χ1) is 16.9. The topological polar surface area (TPSA) is 66.8 Å². The zero-order valence-electron chi connectivity index (χ0n) is 21.3. The molecular weight excluding hydrogens is 474 g/mol. The van der Waals surface area contributed by atoms with Gasteiger partial charge in [0.2, 0.25) is 0 Å². The SMILES string of the molecule is COc1ccc(N2C(=O)C(=O)/C(=C(/O)c3cc(C(C)(C)C)ccc3C)C2c2cccc(C)c2)cc1Cl. The van der Waals surface area contributed by atoms with E-state index in [-0.39, 0.29) is 16.7 Å². The number of hydrogen-bond donors (Lipinski definition) is 1.